The van der Waals surface area contributed by atoms with Crippen molar-refractivity contribution in [1.29, 1.82) is 0 Å². The summed E-state index contributed by atoms with van der Waals surface area (Å²) in [5.41, 5.74) is 0. The van der Waals surface area contributed by atoms with Crippen LogP contribution in [0.5, 0.6) is 0 Å². The Labute approximate surface area is 42.1 Å². The maximum atomic E-state index is 5.29. The van der Waals surface area contributed by atoms with Gasteiger partial charge in [0.2, 0.25) is 6.20 Å². The van der Waals surface area contributed by atoms with E-state index in [0.717, 1.165) is 6.54 Å². The van der Waals surface area contributed by atoms with Crippen molar-refractivity contribution in [2.24, 2.45) is 5.84 Å². The molecule has 3 N–H and O–H groups in total. The van der Waals surface area contributed by atoms with Crippen molar-refractivity contribution in [3.63, 3.8) is 0 Å². The molecule has 0 aromatic heterocycles. The number of hydrogen-bond donors (Lipinski definition) is 2. The summed E-state index contributed by atoms with van der Waals surface area (Å²) in [5.74, 6) is 5.29. The van der Waals surface area contributed by atoms with Crippen LogP contribution in [0.4, 0.5) is 0 Å². The Morgan fingerprint density at radius 2 is 2.57 bits per heavy atom. The van der Waals surface area contributed by atoms with Crippen LogP contribution in [-0.4, -0.2) is 17.4 Å². The van der Waals surface area contributed by atoms with Gasteiger partial charge >= 0.3 is 0 Å². The summed E-state index contributed by atoms with van der Waals surface area (Å²) < 4.78 is 1.52. The molecule has 7 heavy (non-hydrogen) atoms. The van der Waals surface area contributed by atoms with E-state index in [0.29, 0.717) is 0 Å². The number of hydrazone groups is 1. The lowest BCUT2D eigenvalue weighted by atomic mass is 10.6. The number of hydrazine groups is 1. The van der Waals surface area contributed by atoms with Crippen molar-refractivity contribution in [1.82, 2.24) is 5.32 Å². The lowest BCUT2D eigenvalue weighted by molar-refractivity contribution is -0.466. The second kappa shape index (κ2) is 1.64. The van der Waals surface area contributed by atoms with Crippen LogP contribution in [-0.2, 0) is 0 Å². The Morgan fingerprint density at radius 3 is 2.86 bits per heavy atom. The quantitative estimate of drug-likeness (QED) is 0.302. The van der Waals surface area contributed by atoms with E-state index in [-0.39, 0.29) is 0 Å². The Hall–Kier alpha value is -0.990. The fraction of sp³-hybridized carbons (Fsp3) is 0.250. The van der Waals surface area contributed by atoms with E-state index in [1.165, 1.54) is 4.68 Å². The molecule has 0 fully saturated rings. The van der Waals surface area contributed by atoms with Gasteiger partial charge in [0.1, 0.15) is 0 Å². The number of rotatable bonds is 0. The van der Waals surface area contributed by atoms with Crippen LogP contribution in [0.15, 0.2) is 12.4 Å². The topological polar surface area (TPSA) is 41.1 Å². The largest absolute Gasteiger partial charge is 0.377 e. The normalized spacial score (nSPS) is 18.0. The molecule has 3 heteroatoms. The molecule has 0 amide bonds. The summed E-state index contributed by atoms with van der Waals surface area (Å²) in [6.45, 7) is 0.826. The van der Waals surface area contributed by atoms with Crippen LogP contribution < -0.4 is 11.2 Å². The summed E-state index contributed by atoms with van der Waals surface area (Å²) in [7, 11) is 0. The minimum absolute atomic E-state index is 0.826. The highest BCUT2D eigenvalue weighted by atomic mass is 15.3. The van der Waals surface area contributed by atoms with Crippen LogP contribution >= 0.6 is 0 Å². The fourth-order valence-corrected chi connectivity index (χ4v) is 0.426. The highest BCUT2D eigenvalue weighted by Gasteiger charge is 1.92. The molecule has 1 heterocycles. The highest BCUT2D eigenvalue weighted by Crippen LogP contribution is 1.69. The average molecular weight is 98.1 g/mol. The molecule has 1 aliphatic heterocycles. The van der Waals surface area contributed by atoms with E-state index in [1.807, 2.05) is 6.21 Å². The maximum absolute atomic E-state index is 5.29. The molecule has 0 unspecified atom stereocenters. The molecule has 0 bridgehead atoms. The van der Waals surface area contributed by atoms with Gasteiger partial charge < -0.3 is 5.32 Å². The first kappa shape index (κ1) is 4.18. The van der Waals surface area contributed by atoms with Crippen molar-refractivity contribution < 1.29 is 4.68 Å². The number of nitrogens with one attached hydrogen (secondary N) is 1. The van der Waals surface area contributed by atoms with Crippen LogP contribution in [0.1, 0.15) is 0 Å². The van der Waals surface area contributed by atoms with Crippen molar-refractivity contribution in [2.75, 3.05) is 6.54 Å². The minimum Gasteiger partial charge on any atom is -0.377 e. The number of hydrogen-bond acceptors (Lipinski definition) is 2. The summed E-state index contributed by atoms with van der Waals surface area (Å²) in [5, 5.41) is 2.96. The lowest BCUT2D eigenvalue weighted by Crippen LogP contribution is -2.25. The van der Waals surface area contributed by atoms with Crippen LogP contribution in [0.25, 0.3) is 0 Å². The van der Waals surface area contributed by atoms with E-state index in [1.54, 1.807) is 12.4 Å². The molecule has 1 aliphatic rings. The second-order valence-corrected chi connectivity index (χ2v) is 1.35. The zero-order chi connectivity index (χ0) is 5.11. The number of nitrogens with two attached hydrogens (primary N) is 1. The molecule has 0 aromatic rings. The molecule has 3 nitrogen and oxygen atoms in total. The van der Waals surface area contributed by atoms with E-state index in [4.69, 9.17) is 5.84 Å². The van der Waals surface area contributed by atoms with Gasteiger partial charge in [0.25, 0.3) is 0 Å². The zero-order valence-corrected chi connectivity index (χ0v) is 3.96. The third-order valence-corrected chi connectivity index (χ3v) is 0.784. The third-order valence-electron chi connectivity index (χ3n) is 0.784. The van der Waals surface area contributed by atoms with Gasteiger partial charge in [-0.15, -0.1) is 0 Å². The Kier molecular flexibility index (Phi) is 0.978. The molecule has 0 spiro atoms. The summed E-state index contributed by atoms with van der Waals surface area (Å²) >= 11 is 0. The van der Waals surface area contributed by atoms with Crippen LogP contribution in [0.3, 0.4) is 0 Å². The van der Waals surface area contributed by atoms with Crippen LogP contribution in [0.2, 0.25) is 0 Å². The standard InChI is InChI=1S/C4H8N3/c5-7-3-1-6-2-4-7/h1,3-4,6H,2,5H2/q+1. The predicted molar refractivity (Wildman–Crippen MR) is 27.7 cm³/mol. The first-order chi connectivity index (χ1) is 3.39. The third kappa shape index (κ3) is 0.924. The second-order valence-electron chi connectivity index (χ2n) is 1.35. The first-order valence-electron chi connectivity index (χ1n) is 2.16. The molecule has 0 atom stereocenters. The van der Waals surface area contributed by atoms with Gasteiger partial charge in [-0.25, -0.2) is 5.84 Å². The van der Waals surface area contributed by atoms with Gasteiger partial charge in [-0.2, -0.15) is 0 Å². The summed E-state index contributed by atoms with van der Waals surface area (Å²) in [6, 6.07) is 0. The first-order valence-corrected chi connectivity index (χ1v) is 2.16. The van der Waals surface area contributed by atoms with Crippen molar-refractivity contribution in [3.8, 4) is 0 Å². The van der Waals surface area contributed by atoms with Gasteiger partial charge in [-0.05, 0) is 0 Å². The summed E-state index contributed by atoms with van der Waals surface area (Å²) in [4.78, 5) is 0. The molecule has 0 aliphatic carbocycles. The number of nitrogens with zero attached hydrogens (tertiary/aromatic N) is 1. The van der Waals surface area contributed by atoms with Gasteiger partial charge in [-0.1, -0.05) is 4.68 Å². The van der Waals surface area contributed by atoms with Gasteiger partial charge in [0, 0.05) is 0 Å². The Balaban J connectivity index is 2.58. The molecule has 0 saturated heterocycles. The van der Waals surface area contributed by atoms with E-state index >= 15 is 0 Å². The van der Waals surface area contributed by atoms with Gasteiger partial charge in [-0.3, -0.25) is 0 Å². The molecule has 0 aromatic carbocycles. The summed E-state index contributed by atoms with van der Waals surface area (Å²) in [6.07, 6.45) is 5.41. The molecule has 38 valence electrons. The lowest BCUT2D eigenvalue weighted by Gasteiger charge is -1.94. The monoisotopic (exact) mass is 98.1 g/mol. The molecular formula is C4H8N3+. The van der Waals surface area contributed by atoms with E-state index in [9.17, 15) is 0 Å². The molecular weight excluding hydrogens is 90.1 g/mol. The smallest absolute Gasteiger partial charge is 0.214 e. The maximum Gasteiger partial charge on any atom is 0.214 e. The van der Waals surface area contributed by atoms with Crippen molar-refractivity contribution in [2.45, 2.75) is 0 Å². The Morgan fingerprint density at radius 1 is 1.71 bits per heavy atom. The molecule has 0 radical (unpaired) electrons. The average Bonchev–Trinajstić information content (AvgIpc) is 1.69. The predicted octanol–water partition coefficient (Wildman–Crippen LogP) is -0.982. The van der Waals surface area contributed by atoms with E-state index in [2.05, 4.69) is 5.32 Å². The fourth-order valence-electron chi connectivity index (χ4n) is 0.426. The zero-order valence-electron chi connectivity index (χ0n) is 3.96. The molecule has 1 rings (SSSR count). The van der Waals surface area contributed by atoms with Crippen LogP contribution in [0, 0.1) is 0 Å². The minimum atomic E-state index is 0.826. The molecule has 0 saturated carbocycles. The Bertz CT molecular complexity index is 114. The highest BCUT2D eigenvalue weighted by molar-refractivity contribution is 5.54. The van der Waals surface area contributed by atoms with Crippen molar-refractivity contribution >= 4 is 6.21 Å². The van der Waals surface area contributed by atoms with Crippen molar-refractivity contribution in [3.05, 3.63) is 12.4 Å². The SMILES string of the molecule is N[N+]1=CCNC=C1. The van der Waals surface area contributed by atoms with E-state index < -0.39 is 0 Å². The van der Waals surface area contributed by atoms with Gasteiger partial charge in [0.05, 0.1) is 12.7 Å². The van der Waals surface area contributed by atoms with Gasteiger partial charge in [0.15, 0.2) is 6.21 Å².